The minimum Gasteiger partial charge on any atom is -0.325 e. The molecule has 0 spiro atoms. The summed E-state index contributed by atoms with van der Waals surface area (Å²) in [5.41, 5.74) is 6.09. The molecule has 0 bridgehead atoms. The minimum atomic E-state index is -2.79. The second kappa shape index (κ2) is 4.06. The highest BCUT2D eigenvalue weighted by atomic mass is 32.2. The van der Waals surface area contributed by atoms with Gasteiger partial charge in [-0.25, -0.2) is 8.42 Å². The van der Waals surface area contributed by atoms with Crippen LogP contribution in [0, 0.1) is 0 Å². The summed E-state index contributed by atoms with van der Waals surface area (Å²) in [6.07, 6.45) is 7.86. The van der Waals surface area contributed by atoms with Crippen LogP contribution in [0.1, 0.15) is 51.4 Å². The van der Waals surface area contributed by atoms with Crippen LogP contribution in [0.15, 0.2) is 0 Å². The maximum absolute atomic E-state index is 11.8. The predicted octanol–water partition coefficient (Wildman–Crippen LogP) is 1.62. The molecule has 88 valence electrons. The fourth-order valence-corrected chi connectivity index (χ4v) is 4.62. The van der Waals surface area contributed by atoms with Crippen molar-refractivity contribution < 1.29 is 8.42 Å². The summed E-state index contributed by atoms with van der Waals surface area (Å²) in [6, 6.07) is 0. The normalized spacial score (nSPS) is 33.3. The van der Waals surface area contributed by atoms with Gasteiger partial charge in [-0.05, 0) is 44.9 Å². The van der Waals surface area contributed by atoms with Crippen molar-refractivity contribution in [1.29, 1.82) is 0 Å². The number of hydrogen-bond acceptors (Lipinski definition) is 3. The molecule has 0 aromatic carbocycles. The van der Waals surface area contributed by atoms with Crippen LogP contribution in [0.25, 0.3) is 0 Å². The van der Waals surface area contributed by atoms with Gasteiger partial charge in [0.1, 0.15) is 0 Å². The van der Waals surface area contributed by atoms with Gasteiger partial charge in [-0.3, -0.25) is 0 Å². The van der Waals surface area contributed by atoms with Crippen molar-refractivity contribution in [2.24, 2.45) is 5.73 Å². The molecule has 1 aliphatic heterocycles. The first kappa shape index (κ1) is 11.4. The van der Waals surface area contributed by atoms with E-state index in [0.29, 0.717) is 5.75 Å². The summed E-state index contributed by atoms with van der Waals surface area (Å²) >= 11 is 0. The summed E-state index contributed by atoms with van der Waals surface area (Å²) < 4.78 is 23.5. The molecule has 1 saturated carbocycles. The van der Waals surface area contributed by atoms with Crippen LogP contribution >= 0.6 is 0 Å². The maximum Gasteiger partial charge on any atom is 0.153 e. The Bertz CT molecular complexity index is 319. The molecular weight excluding hydrogens is 210 g/mol. The number of rotatable bonds is 3. The van der Waals surface area contributed by atoms with E-state index in [9.17, 15) is 8.42 Å². The summed E-state index contributed by atoms with van der Waals surface area (Å²) in [5.74, 6) is 0.398. The molecule has 0 amide bonds. The first-order chi connectivity index (χ1) is 7.02. The van der Waals surface area contributed by atoms with Gasteiger partial charge in [0.15, 0.2) is 9.84 Å². The lowest BCUT2D eigenvalue weighted by atomic mass is 9.74. The van der Waals surface area contributed by atoms with Crippen LogP contribution in [-0.4, -0.2) is 25.0 Å². The highest BCUT2D eigenvalue weighted by Gasteiger charge is 2.35. The molecule has 1 atom stereocenters. The van der Waals surface area contributed by atoms with E-state index in [2.05, 4.69) is 0 Å². The van der Waals surface area contributed by atoms with Crippen LogP contribution in [0.4, 0.5) is 0 Å². The maximum atomic E-state index is 11.8. The van der Waals surface area contributed by atoms with Crippen molar-refractivity contribution >= 4 is 9.84 Å². The molecule has 1 unspecified atom stereocenters. The van der Waals surface area contributed by atoms with Gasteiger partial charge in [0.2, 0.25) is 0 Å². The number of sulfone groups is 1. The lowest BCUT2D eigenvalue weighted by Gasteiger charge is -2.39. The average molecular weight is 231 g/mol. The molecule has 2 fully saturated rings. The van der Waals surface area contributed by atoms with Crippen molar-refractivity contribution in [3.8, 4) is 0 Å². The van der Waals surface area contributed by atoms with Gasteiger partial charge in [-0.1, -0.05) is 6.42 Å². The molecule has 2 N–H and O–H groups in total. The number of hydrogen-bond donors (Lipinski definition) is 1. The van der Waals surface area contributed by atoms with E-state index in [4.69, 9.17) is 5.73 Å². The highest BCUT2D eigenvalue weighted by molar-refractivity contribution is 7.92. The molecule has 0 aromatic rings. The molecule has 1 aliphatic carbocycles. The SMILES string of the molecule is NC1(CCC2CCCCS2(=O)=O)CCC1. The number of nitrogens with two attached hydrogens (primary N) is 1. The molecular formula is C11H21NO2S. The first-order valence-electron chi connectivity index (χ1n) is 6.02. The predicted molar refractivity (Wildman–Crippen MR) is 61.4 cm³/mol. The summed E-state index contributed by atoms with van der Waals surface area (Å²) in [7, 11) is -2.79. The van der Waals surface area contributed by atoms with E-state index in [1.165, 1.54) is 6.42 Å². The molecule has 4 heteroatoms. The Morgan fingerprint density at radius 3 is 2.47 bits per heavy atom. The van der Waals surface area contributed by atoms with Crippen LogP contribution in [0.2, 0.25) is 0 Å². The Morgan fingerprint density at radius 1 is 1.20 bits per heavy atom. The van der Waals surface area contributed by atoms with E-state index in [0.717, 1.165) is 44.9 Å². The second-order valence-electron chi connectivity index (χ2n) is 5.24. The van der Waals surface area contributed by atoms with Crippen molar-refractivity contribution in [2.75, 3.05) is 5.75 Å². The summed E-state index contributed by atoms with van der Waals surface area (Å²) in [6.45, 7) is 0. The van der Waals surface area contributed by atoms with Crippen LogP contribution in [0.3, 0.4) is 0 Å². The average Bonchev–Trinajstić information content (AvgIpc) is 2.13. The zero-order valence-electron chi connectivity index (χ0n) is 9.24. The zero-order valence-corrected chi connectivity index (χ0v) is 10.1. The topological polar surface area (TPSA) is 60.2 Å². The lowest BCUT2D eigenvalue weighted by Crippen LogP contribution is -2.47. The van der Waals surface area contributed by atoms with Crippen LogP contribution in [-0.2, 0) is 9.84 Å². The van der Waals surface area contributed by atoms with Crippen molar-refractivity contribution in [3.05, 3.63) is 0 Å². The summed E-state index contributed by atoms with van der Waals surface area (Å²) in [5, 5.41) is -0.0905. The molecule has 3 nitrogen and oxygen atoms in total. The largest absolute Gasteiger partial charge is 0.325 e. The standard InChI is InChI=1S/C11H21NO2S/c12-11(6-3-7-11)8-5-10-4-1-2-9-15(10,13)14/h10H,1-9,12H2. The van der Waals surface area contributed by atoms with Gasteiger partial charge in [-0.15, -0.1) is 0 Å². The third-order valence-corrected chi connectivity index (χ3v) is 6.37. The van der Waals surface area contributed by atoms with E-state index in [1.54, 1.807) is 0 Å². The smallest absolute Gasteiger partial charge is 0.153 e. The molecule has 2 aliphatic rings. The minimum absolute atomic E-state index is 0.0209. The van der Waals surface area contributed by atoms with Gasteiger partial charge >= 0.3 is 0 Å². The Labute approximate surface area is 92.3 Å². The molecule has 0 aromatic heterocycles. The fraction of sp³-hybridized carbons (Fsp3) is 1.00. The third-order valence-electron chi connectivity index (χ3n) is 4.03. The monoisotopic (exact) mass is 231 g/mol. The van der Waals surface area contributed by atoms with E-state index in [1.807, 2.05) is 0 Å². The van der Waals surface area contributed by atoms with E-state index >= 15 is 0 Å². The van der Waals surface area contributed by atoms with E-state index < -0.39 is 9.84 Å². The molecule has 1 saturated heterocycles. The van der Waals surface area contributed by atoms with Crippen molar-refractivity contribution in [1.82, 2.24) is 0 Å². The zero-order chi connectivity index (χ0) is 10.9. The van der Waals surface area contributed by atoms with Crippen molar-refractivity contribution in [3.63, 3.8) is 0 Å². The van der Waals surface area contributed by atoms with Gasteiger partial charge in [0.05, 0.1) is 11.0 Å². The van der Waals surface area contributed by atoms with Gasteiger partial charge in [0.25, 0.3) is 0 Å². The second-order valence-corrected chi connectivity index (χ2v) is 7.64. The van der Waals surface area contributed by atoms with Gasteiger partial charge in [0, 0.05) is 5.54 Å². The third kappa shape index (κ3) is 2.53. The fourth-order valence-electron chi connectivity index (χ4n) is 2.67. The van der Waals surface area contributed by atoms with Gasteiger partial charge in [-0.2, -0.15) is 0 Å². The van der Waals surface area contributed by atoms with Crippen LogP contribution < -0.4 is 5.73 Å². The Kier molecular flexibility index (Phi) is 3.08. The molecule has 0 radical (unpaired) electrons. The Balaban J connectivity index is 1.87. The Hall–Kier alpha value is -0.0900. The Morgan fingerprint density at radius 2 is 1.93 bits per heavy atom. The summed E-state index contributed by atoms with van der Waals surface area (Å²) in [4.78, 5) is 0. The lowest BCUT2D eigenvalue weighted by molar-refractivity contribution is 0.224. The highest BCUT2D eigenvalue weighted by Crippen LogP contribution is 2.35. The first-order valence-corrected chi connectivity index (χ1v) is 7.74. The molecule has 2 rings (SSSR count). The van der Waals surface area contributed by atoms with E-state index in [-0.39, 0.29) is 10.8 Å². The van der Waals surface area contributed by atoms with Crippen molar-refractivity contribution in [2.45, 2.75) is 62.2 Å². The molecule has 15 heavy (non-hydrogen) atoms. The quantitative estimate of drug-likeness (QED) is 0.803. The molecule has 1 heterocycles. The van der Waals surface area contributed by atoms with Gasteiger partial charge < -0.3 is 5.73 Å². The van der Waals surface area contributed by atoms with Crippen LogP contribution in [0.5, 0.6) is 0 Å².